The number of esters is 1. The van der Waals surface area contributed by atoms with E-state index in [0.717, 1.165) is 4.47 Å². The molecule has 1 rings (SSSR count). The lowest BCUT2D eigenvalue weighted by Gasteiger charge is -2.17. The molecule has 0 fully saturated rings. The number of benzene rings is 1. The fourth-order valence-corrected chi connectivity index (χ4v) is 1.64. The normalized spacial score (nSPS) is 9.13. The molecule has 23 heavy (non-hydrogen) atoms. The quantitative estimate of drug-likeness (QED) is 0.655. The van der Waals surface area contributed by atoms with E-state index in [1.807, 2.05) is 20.8 Å². The van der Waals surface area contributed by atoms with Gasteiger partial charge in [0, 0.05) is 11.4 Å². The van der Waals surface area contributed by atoms with Crippen LogP contribution in [0.4, 0.5) is 0 Å². The van der Waals surface area contributed by atoms with Gasteiger partial charge in [-0.05, 0) is 51.9 Å². The molecule has 0 heterocycles. The van der Waals surface area contributed by atoms with Gasteiger partial charge in [-0.3, -0.25) is 4.79 Å². The Labute approximate surface area is 152 Å². The molecular formula is C19H36BrNO2. The Bertz CT molecular complexity index is 370. The first-order valence-electron chi connectivity index (χ1n) is 8.17. The molecule has 1 aromatic rings. The maximum atomic E-state index is 10.2. The molecule has 3 nitrogen and oxygen atoms in total. The summed E-state index contributed by atoms with van der Waals surface area (Å²) in [5, 5.41) is 0. The van der Waals surface area contributed by atoms with E-state index in [0.29, 0.717) is 0 Å². The van der Waals surface area contributed by atoms with Crippen molar-refractivity contribution in [3.63, 3.8) is 0 Å². The first-order chi connectivity index (χ1) is 10.7. The van der Waals surface area contributed by atoms with Crippen LogP contribution in [-0.2, 0) is 16.0 Å². The van der Waals surface area contributed by atoms with Crippen LogP contribution in [0.5, 0.6) is 0 Å². The molecule has 2 N–H and O–H groups in total. The summed E-state index contributed by atoms with van der Waals surface area (Å²) in [5.41, 5.74) is 5.59. The van der Waals surface area contributed by atoms with Gasteiger partial charge in [0.15, 0.2) is 0 Å². The van der Waals surface area contributed by atoms with Gasteiger partial charge in [0.25, 0.3) is 0 Å². The molecule has 0 atom stereocenters. The van der Waals surface area contributed by atoms with Crippen molar-refractivity contribution in [2.75, 3.05) is 7.05 Å². The van der Waals surface area contributed by atoms with Gasteiger partial charge in [0.2, 0.25) is 0 Å². The van der Waals surface area contributed by atoms with Gasteiger partial charge in [0.05, 0.1) is 0 Å². The monoisotopic (exact) mass is 389 g/mol. The smallest absolute Gasteiger partial charge is 0.303 e. The summed E-state index contributed by atoms with van der Waals surface area (Å²) in [7, 11) is 1.50. The lowest BCUT2D eigenvalue weighted by Crippen LogP contribution is -2.21. The molecular weight excluding hydrogens is 354 g/mol. The van der Waals surface area contributed by atoms with E-state index in [2.05, 4.69) is 66.7 Å². The topological polar surface area (TPSA) is 52.3 Å². The SMILES string of the molecule is CC(=O)OC(C)(C)C.CCC.CCCc1ccc(Br)cc1.CN. The van der Waals surface area contributed by atoms with Crippen LogP contribution in [0.25, 0.3) is 0 Å². The highest BCUT2D eigenvalue weighted by molar-refractivity contribution is 9.10. The van der Waals surface area contributed by atoms with Crippen LogP contribution >= 0.6 is 15.9 Å². The molecule has 0 aliphatic rings. The summed E-state index contributed by atoms with van der Waals surface area (Å²) in [4.78, 5) is 10.2. The van der Waals surface area contributed by atoms with Crippen LogP contribution < -0.4 is 5.73 Å². The minimum atomic E-state index is -0.328. The summed E-state index contributed by atoms with van der Waals surface area (Å²) in [6.07, 6.45) is 3.66. The molecule has 0 bridgehead atoms. The van der Waals surface area contributed by atoms with E-state index in [1.165, 1.54) is 38.8 Å². The zero-order valence-electron chi connectivity index (χ0n) is 16.2. The Morgan fingerprint density at radius 1 is 1.09 bits per heavy atom. The largest absolute Gasteiger partial charge is 0.460 e. The second-order valence-electron chi connectivity index (χ2n) is 5.79. The van der Waals surface area contributed by atoms with Gasteiger partial charge in [-0.1, -0.05) is 61.7 Å². The average molecular weight is 390 g/mol. The van der Waals surface area contributed by atoms with Crippen molar-refractivity contribution < 1.29 is 9.53 Å². The predicted octanol–water partition coefficient (Wildman–Crippen LogP) is 5.74. The fraction of sp³-hybridized carbons (Fsp3) is 0.632. The van der Waals surface area contributed by atoms with Crippen molar-refractivity contribution in [2.45, 2.75) is 73.3 Å². The lowest BCUT2D eigenvalue weighted by atomic mass is 10.1. The van der Waals surface area contributed by atoms with Crippen molar-refractivity contribution in [3.05, 3.63) is 34.3 Å². The van der Waals surface area contributed by atoms with Gasteiger partial charge in [-0.15, -0.1) is 0 Å². The number of nitrogens with two attached hydrogens (primary N) is 1. The number of carbonyl (C=O) groups is 1. The Kier molecular flexibility index (Phi) is 20.5. The number of rotatable bonds is 2. The first-order valence-corrected chi connectivity index (χ1v) is 8.97. The number of hydrogen-bond donors (Lipinski definition) is 1. The van der Waals surface area contributed by atoms with Gasteiger partial charge in [0.1, 0.15) is 5.60 Å². The molecule has 136 valence electrons. The molecule has 0 spiro atoms. The molecule has 1 aromatic carbocycles. The number of carbonyl (C=O) groups excluding carboxylic acids is 1. The molecule has 0 amide bonds. The van der Waals surface area contributed by atoms with E-state index >= 15 is 0 Å². The second kappa shape index (κ2) is 17.5. The van der Waals surface area contributed by atoms with E-state index < -0.39 is 0 Å². The summed E-state index contributed by atoms with van der Waals surface area (Å²) >= 11 is 3.40. The number of hydrogen-bond acceptors (Lipinski definition) is 3. The third-order valence-electron chi connectivity index (χ3n) is 1.90. The summed E-state index contributed by atoms with van der Waals surface area (Å²) in [6, 6.07) is 8.50. The van der Waals surface area contributed by atoms with Crippen molar-refractivity contribution >= 4 is 21.9 Å². The highest BCUT2D eigenvalue weighted by Gasteiger charge is 2.11. The van der Waals surface area contributed by atoms with Crippen LogP contribution in [0.1, 0.15) is 66.9 Å². The Balaban J connectivity index is -0.000000277. The molecule has 0 radical (unpaired) electrons. The average Bonchev–Trinajstić information content (AvgIpc) is 2.43. The first kappa shape index (κ1) is 27.0. The van der Waals surface area contributed by atoms with Gasteiger partial charge >= 0.3 is 5.97 Å². The van der Waals surface area contributed by atoms with Crippen molar-refractivity contribution in [1.29, 1.82) is 0 Å². The number of aryl methyl sites for hydroxylation is 1. The Morgan fingerprint density at radius 3 is 1.70 bits per heavy atom. The number of halogens is 1. The maximum Gasteiger partial charge on any atom is 0.303 e. The van der Waals surface area contributed by atoms with E-state index in [-0.39, 0.29) is 11.6 Å². The summed E-state index contributed by atoms with van der Waals surface area (Å²) < 4.78 is 5.96. The molecule has 0 aliphatic carbocycles. The van der Waals surface area contributed by atoms with E-state index in [4.69, 9.17) is 4.74 Å². The summed E-state index contributed by atoms with van der Waals surface area (Å²) in [5.74, 6) is -0.225. The van der Waals surface area contributed by atoms with Crippen LogP contribution in [0.15, 0.2) is 28.7 Å². The van der Waals surface area contributed by atoms with E-state index in [1.54, 1.807) is 0 Å². The molecule has 0 aliphatic heterocycles. The fourth-order valence-electron chi connectivity index (χ4n) is 1.37. The van der Waals surface area contributed by atoms with Crippen molar-refractivity contribution in [3.8, 4) is 0 Å². The van der Waals surface area contributed by atoms with Crippen LogP contribution in [0, 0.1) is 0 Å². The highest BCUT2D eigenvalue weighted by atomic mass is 79.9. The van der Waals surface area contributed by atoms with Crippen LogP contribution in [-0.4, -0.2) is 18.6 Å². The Morgan fingerprint density at radius 2 is 1.48 bits per heavy atom. The molecule has 0 unspecified atom stereocenters. The molecule has 4 heteroatoms. The second-order valence-corrected chi connectivity index (χ2v) is 6.71. The zero-order chi connectivity index (χ0) is 18.9. The van der Waals surface area contributed by atoms with Crippen LogP contribution in [0.2, 0.25) is 0 Å². The predicted molar refractivity (Wildman–Crippen MR) is 106 cm³/mol. The maximum absolute atomic E-state index is 10.2. The minimum absolute atomic E-state index is 0.225. The van der Waals surface area contributed by atoms with Gasteiger partial charge in [-0.25, -0.2) is 0 Å². The van der Waals surface area contributed by atoms with Crippen LogP contribution in [0.3, 0.4) is 0 Å². The van der Waals surface area contributed by atoms with Gasteiger partial charge in [-0.2, -0.15) is 0 Å². The van der Waals surface area contributed by atoms with Crippen molar-refractivity contribution in [2.24, 2.45) is 5.73 Å². The van der Waals surface area contributed by atoms with Gasteiger partial charge < -0.3 is 10.5 Å². The summed E-state index contributed by atoms with van der Waals surface area (Å²) in [6.45, 7) is 13.4. The number of ether oxygens (including phenoxy) is 1. The minimum Gasteiger partial charge on any atom is -0.460 e. The molecule has 0 aromatic heterocycles. The molecule has 0 saturated carbocycles. The van der Waals surface area contributed by atoms with Crippen molar-refractivity contribution in [1.82, 2.24) is 0 Å². The van der Waals surface area contributed by atoms with E-state index in [9.17, 15) is 4.79 Å². The molecule has 0 saturated heterocycles. The standard InChI is InChI=1S/C9H11Br.C6H12O2.C3H8.CH5N/c1-2-3-8-4-6-9(10)7-5-8;1-5(7)8-6(2,3)4;1-3-2;1-2/h4-7H,2-3H2,1H3;1-4H3;3H2,1-2H3;2H2,1H3. The lowest BCUT2D eigenvalue weighted by molar-refractivity contribution is -0.151. The highest BCUT2D eigenvalue weighted by Crippen LogP contribution is 2.11. The Hall–Kier alpha value is -0.870. The third-order valence-corrected chi connectivity index (χ3v) is 2.43. The zero-order valence-corrected chi connectivity index (χ0v) is 17.8. The third kappa shape index (κ3) is 26.4.